The monoisotopic (exact) mass is 258 g/mol. The Balaban J connectivity index is 2.08. The molecule has 0 aromatic carbocycles. The van der Waals surface area contributed by atoms with Crippen molar-refractivity contribution in [2.24, 2.45) is 5.92 Å². The van der Waals surface area contributed by atoms with Crippen molar-refractivity contribution in [1.82, 2.24) is 10.2 Å². The molecule has 5 nitrogen and oxygen atoms in total. The first kappa shape index (κ1) is 15.2. The van der Waals surface area contributed by atoms with Gasteiger partial charge in [0.1, 0.15) is 5.60 Å². The van der Waals surface area contributed by atoms with Crippen molar-refractivity contribution in [3.63, 3.8) is 0 Å². The normalized spacial score (nSPS) is 19.9. The van der Waals surface area contributed by atoms with E-state index in [0.29, 0.717) is 12.5 Å². The van der Waals surface area contributed by atoms with Crippen LogP contribution >= 0.6 is 0 Å². The summed E-state index contributed by atoms with van der Waals surface area (Å²) in [6.07, 6.45) is 0.864. The molecule has 18 heavy (non-hydrogen) atoms. The second-order valence-corrected chi connectivity index (χ2v) is 5.84. The van der Waals surface area contributed by atoms with Gasteiger partial charge >= 0.3 is 6.09 Å². The number of hydrogen-bond donors (Lipinski definition) is 1. The number of amides is 1. The van der Waals surface area contributed by atoms with Gasteiger partial charge in [0.15, 0.2) is 0 Å². The largest absolute Gasteiger partial charge is 0.444 e. The van der Waals surface area contributed by atoms with E-state index in [0.717, 1.165) is 32.7 Å². The van der Waals surface area contributed by atoms with Gasteiger partial charge in [0.25, 0.3) is 0 Å². The maximum Gasteiger partial charge on any atom is 0.410 e. The van der Waals surface area contributed by atoms with Gasteiger partial charge in [-0.3, -0.25) is 0 Å². The van der Waals surface area contributed by atoms with Crippen molar-refractivity contribution in [2.45, 2.75) is 32.8 Å². The Hall–Kier alpha value is -0.810. The first-order valence-corrected chi connectivity index (χ1v) is 6.61. The molecule has 1 rings (SSSR count). The van der Waals surface area contributed by atoms with Gasteiger partial charge in [0.2, 0.25) is 0 Å². The zero-order valence-corrected chi connectivity index (χ0v) is 12.0. The van der Waals surface area contributed by atoms with E-state index in [1.54, 1.807) is 11.9 Å². The van der Waals surface area contributed by atoms with Crippen molar-refractivity contribution in [3.8, 4) is 0 Å². The van der Waals surface area contributed by atoms with Crippen molar-refractivity contribution in [1.29, 1.82) is 0 Å². The molecule has 1 aliphatic heterocycles. The van der Waals surface area contributed by atoms with Crippen LogP contribution < -0.4 is 5.32 Å². The molecular weight excluding hydrogens is 232 g/mol. The van der Waals surface area contributed by atoms with Gasteiger partial charge < -0.3 is 19.7 Å². The SMILES string of the molecule is CN(CCNCC1CCOC1)C(=O)OC(C)(C)C. The van der Waals surface area contributed by atoms with Crippen LogP contribution in [0.5, 0.6) is 0 Å². The Bertz CT molecular complexity index is 257. The summed E-state index contributed by atoms with van der Waals surface area (Å²) >= 11 is 0. The maximum absolute atomic E-state index is 11.7. The lowest BCUT2D eigenvalue weighted by atomic mass is 10.1. The molecule has 1 heterocycles. The minimum absolute atomic E-state index is 0.270. The van der Waals surface area contributed by atoms with E-state index in [2.05, 4.69) is 5.32 Å². The maximum atomic E-state index is 11.7. The molecule has 0 aromatic rings. The molecule has 1 aliphatic rings. The molecule has 0 aliphatic carbocycles. The van der Waals surface area contributed by atoms with E-state index < -0.39 is 5.60 Å². The molecule has 1 saturated heterocycles. The lowest BCUT2D eigenvalue weighted by Crippen LogP contribution is -2.38. The van der Waals surface area contributed by atoms with Crippen LogP contribution in [0.1, 0.15) is 27.2 Å². The number of likely N-dealkylation sites (N-methyl/N-ethyl adjacent to an activating group) is 1. The Morgan fingerprint density at radius 2 is 2.22 bits per heavy atom. The van der Waals surface area contributed by atoms with Crippen molar-refractivity contribution >= 4 is 6.09 Å². The number of nitrogens with one attached hydrogen (secondary N) is 1. The Morgan fingerprint density at radius 1 is 1.50 bits per heavy atom. The molecule has 0 bridgehead atoms. The summed E-state index contributed by atoms with van der Waals surface area (Å²) in [6, 6.07) is 0. The molecule has 1 unspecified atom stereocenters. The minimum Gasteiger partial charge on any atom is -0.444 e. The van der Waals surface area contributed by atoms with E-state index >= 15 is 0 Å². The van der Waals surface area contributed by atoms with Crippen molar-refractivity contribution < 1.29 is 14.3 Å². The first-order valence-electron chi connectivity index (χ1n) is 6.61. The van der Waals surface area contributed by atoms with Gasteiger partial charge in [-0.25, -0.2) is 4.79 Å². The lowest BCUT2D eigenvalue weighted by molar-refractivity contribution is 0.0300. The fourth-order valence-electron chi connectivity index (χ4n) is 1.73. The summed E-state index contributed by atoms with van der Waals surface area (Å²) in [5.41, 5.74) is -0.431. The van der Waals surface area contributed by atoms with Gasteiger partial charge in [0, 0.05) is 33.3 Å². The zero-order chi connectivity index (χ0) is 13.6. The minimum atomic E-state index is -0.431. The predicted octanol–water partition coefficient (Wildman–Crippen LogP) is 1.48. The van der Waals surface area contributed by atoms with E-state index in [4.69, 9.17) is 9.47 Å². The Morgan fingerprint density at radius 3 is 2.78 bits per heavy atom. The van der Waals surface area contributed by atoms with Crippen LogP contribution in [0, 0.1) is 5.92 Å². The number of carbonyl (C=O) groups is 1. The molecule has 1 fully saturated rings. The number of carbonyl (C=O) groups excluding carboxylic acids is 1. The molecule has 1 amide bonds. The quantitative estimate of drug-likeness (QED) is 0.759. The highest BCUT2D eigenvalue weighted by atomic mass is 16.6. The van der Waals surface area contributed by atoms with E-state index in [1.807, 2.05) is 20.8 Å². The van der Waals surface area contributed by atoms with Crippen LogP contribution in [-0.2, 0) is 9.47 Å². The molecular formula is C13H26N2O3. The highest BCUT2D eigenvalue weighted by Gasteiger charge is 2.19. The Labute approximate surface area is 110 Å². The van der Waals surface area contributed by atoms with Crippen LogP contribution in [-0.4, -0.2) is 56.5 Å². The van der Waals surface area contributed by atoms with Crippen molar-refractivity contribution in [2.75, 3.05) is 39.9 Å². The van der Waals surface area contributed by atoms with E-state index in [1.165, 1.54) is 0 Å². The summed E-state index contributed by atoms with van der Waals surface area (Å²) in [4.78, 5) is 13.3. The number of nitrogens with zero attached hydrogens (tertiary/aromatic N) is 1. The highest BCUT2D eigenvalue weighted by molar-refractivity contribution is 5.67. The molecule has 0 radical (unpaired) electrons. The van der Waals surface area contributed by atoms with Gasteiger partial charge in [-0.15, -0.1) is 0 Å². The third-order valence-corrected chi connectivity index (χ3v) is 2.79. The standard InChI is InChI=1S/C13H26N2O3/c1-13(2,3)18-12(16)15(4)7-6-14-9-11-5-8-17-10-11/h11,14H,5-10H2,1-4H3. The number of ether oxygens (including phenoxy) is 2. The molecule has 106 valence electrons. The second kappa shape index (κ2) is 6.95. The Kier molecular flexibility index (Phi) is 5.88. The van der Waals surface area contributed by atoms with E-state index in [9.17, 15) is 4.79 Å². The van der Waals surface area contributed by atoms with Gasteiger partial charge in [-0.05, 0) is 33.1 Å². The summed E-state index contributed by atoms with van der Waals surface area (Å²) < 4.78 is 10.6. The summed E-state index contributed by atoms with van der Waals surface area (Å²) in [7, 11) is 1.76. The third kappa shape index (κ3) is 6.21. The number of hydrogen-bond acceptors (Lipinski definition) is 4. The van der Waals surface area contributed by atoms with Gasteiger partial charge in [0.05, 0.1) is 6.61 Å². The molecule has 0 aromatic heterocycles. The lowest BCUT2D eigenvalue weighted by Gasteiger charge is -2.24. The van der Waals surface area contributed by atoms with E-state index in [-0.39, 0.29) is 6.09 Å². The smallest absolute Gasteiger partial charge is 0.410 e. The van der Waals surface area contributed by atoms with Crippen molar-refractivity contribution in [3.05, 3.63) is 0 Å². The first-order chi connectivity index (χ1) is 8.38. The van der Waals surface area contributed by atoms with Crippen LogP contribution in [0.3, 0.4) is 0 Å². The molecule has 1 N–H and O–H groups in total. The molecule has 1 atom stereocenters. The van der Waals surface area contributed by atoms with Crippen LogP contribution in [0.25, 0.3) is 0 Å². The molecule has 5 heteroatoms. The van der Waals surface area contributed by atoms with Crippen LogP contribution in [0.4, 0.5) is 4.79 Å². The summed E-state index contributed by atoms with van der Waals surface area (Å²) in [6.45, 7) is 9.75. The van der Waals surface area contributed by atoms with Crippen LogP contribution in [0.15, 0.2) is 0 Å². The number of rotatable bonds is 5. The summed E-state index contributed by atoms with van der Waals surface area (Å²) in [5.74, 6) is 0.622. The zero-order valence-electron chi connectivity index (χ0n) is 12.0. The van der Waals surface area contributed by atoms with Gasteiger partial charge in [-0.1, -0.05) is 0 Å². The fourth-order valence-corrected chi connectivity index (χ4v) is 1.73. The second-order valence-electron chi connectivity index (χ2n) is 5.84. The average molecular weight is 258 g/mol. The molecule has 0 spiro atoms. The molecule has 0 saturated carbocycles. The third-order valence-electron chi connectivity index (χ3n) is 2.79. The predicted molar refractivity (Wildman–Crippen MR) is 70.7 cm³/mol. The fraction of sp³-hybridized carbons (Fsp3) is 0.923. The topological polar surface area (TPSA) is 50.8 Å². The summed E-state index contributed by atoms with van der Waals surface area (Å²) in [5, 5.41) is 3.35. The highest BCUT2D eigenvalue weighted by Crippen LogP contribution is 2.10. The van der Waals surface area contributed by atoms with Gasteiger partial charge in [-0.2, -0.15) is 0 Å². The van der Waals surface area contributed by atoms with Crippen LogP contribution in [0.2, 0.25) is 0 Å². The average Bonchev–Trinajstić information content (AvgIpc) is 2.74.